The Balaban J connectivity index is 1.43. The summed E-state index contributed by atoms with van der Waals surface area (Å²) >= 11 is 1.39. The van der Waals surface area contributed by atoms with Crippen molar-refractivity contribution in [2.45, 2.75) is 42.6 Å². The molecular formula is C22H24N4O2S. The van der Waals surface area contributed by atoms with Crippen LogP contribution in [0.15, 0.2) is 59.8 Å². The molecule has 1 amide bonds. The zero-order valence-electron chi connectivity index (χ0n) is 16.5. The number of hydrogen-bond acceptors (Lipinski definition) is 5. The number of hydrogen-bond donors (Lipinski definition) is 1. The van der Waals surface area contributed by atoms with Gasteiger partial charge in [-0.1, -0.05) is 48.2 Å². The van der Waals surface area contributed by atoms with E-state index in [0.717, 1.165) is 35.7 Å². The second-order valence-corrected chi connectivity index (χ2v) is 8.37. The number of carbonyl (C=O) groups is 1. The molecule has 1 aliphatic rings. The molecule has 29 heavy (non-hydrogen) atoms. The fourth-order valence-corrected chi connectivity index (χ4v) is 3.89. The topological polar surface area (TPSA) is 69.0 Å². The molecule has 0 radical (unpaired) electrons. The highest BCUT2D eigenvalue weighted by molar-refractivity contribution is 8.00. The number of amides is 1. The van der Waals surface area contributed by atoms with Crippen LogP contribution >= 0.6 is 11.8 Å². The number of carbonyl (C=O) groups excluding carboxylic acids is 1. The SMILES string of the molecule is COc1ccccc1CNC(=O)C(C)Sc1nc(C2CC2)n(-c2ccccc2)n1. The van der Waals surface area contributed by atoms with Crippen LogP contribution in [0.25, 0.3) is 5.69 Å². The molecular weight excluding hydrogens is 384 g/mol. The molecule has 0 bridgehead atoms. The second-order valence-electron chi connectivity index (χ2n) is 7.06. The van der Waals surface area contributed by atoms with Crippen molar-refractivity contribution in [1.82, 2.24) is 20.1 Å². The van der Waals surface area contributed by atoms with Crippen LogP contribution in [-0.2, 0) is 11.3 Å². The van der Waals surface area contributed by atoms with Crippen molar-refractivity contribution in [2.75, 3.05) is 7.11 Å². The molecule has 1 aliphatic carbocycles. The van der Waals surface area contributed by atoms with E-state index in [2.05, 4.69) is 10.4 Å². The van der Waals surface area contributed by atoms with Crippen LogP contribution in [0, 0.1) is 0 Å². The highest BCUT2D eigenvalue weighted by Gasteiger charge is 2.31. The molecule has 150 valence electrons. The van der Waals surface area contributed by atoms with Gasteiger partial charge in [0.15, 0.2) is 0 Å². The van der Waals surface area contributed by atoms with E-state index in [9.17, 15) is 4.79 Å². The quantitative estimate of drug-likeness (QED) is 0.572. The van der Waals surface area contributed by atoms with Crippen molar-refractivity contribution in [3.8, 4) is 11.4 Å². The van der Waals surface area contributed by atoms with E-state index >= 15 is 0 Å². The number of methoxy groups -OCH3 is 1. The van der Waals surface area contributed by atoms with Gasteiger partial charge in [0.2, 0.25) is 11.1 Å². The number of rotatable bonds is 8. The molecule has 0 aliphatic heterocycles. The first-order chi connectivity index (χ1) is 14.2. The van der Waals surface area contributed by atoms with Crippen molar-refractivity contribution in [2.24, 2.45) is 0 Å². The van der Waals surface area contributed by atoms with Gasteiger partial charge in [-0.25, -0.2) is 9.67 Å². The fraction of sp³-hybridized carbons (Fsp3) is 0.318. The molecule has 6 nitrogen and oxygen atoms in total. The van der Waals surface area contributed by atoms with E-state index in [0.29, 0.717) is 17.6 Å². The molecule has 0 saturated heterocycles. The fourth-order valence-electron chi connectivity index (χ4n) is 3.11. The van der Waals surface area contributed by atoms with Gasteiger partial charge >= 0.3 is 0 Å². The first kappa shape index (κ1) is 19.5. The minimum atomic E-state index is -0.302. The van der Waals surface area contributed by atoms with E-state index < -0.39 is 0 Å². The summed E-state index contributed by atoms with van der Waals surface area (Å²) in [5.74, 6) is 2.17. The van der Waals surface area contributed by atoms with Gasteiger partial charge in [0.25, 0.3) is 0 Å². The van der Waals surface area contributed by atoms with Crippen molar-refractivity contribution in [3.05, 3.63) is 66.0 Å². The zero-order chi connectivity index (χ0) is 20.2. The molecule has 1 fully saturated rings. The monoisotopic (exact) mass is 408 g/mol. The lowest BCUT2D eigenvalue weighted by Gasteiger charge is -2.12. The highest BCUT2D eigenvalue weighted by atomic mass is 32.2. The Hall–Kier alpha value is -2.80. The molecule has 1 heterocycles. The van der Waals surface area contributed by atoms with Crippen LogP contribution in [0.5, 0.6) is 5.75 Å². The molecule has 3 aromatic rings. The number of benzene rings is 2. The molecule has 7 heteroatoms. The minimum Gasteiger partial charge on any atom is -0.496 e. The Kier molecular flexibility index (Phi) is 5.85. The average Bonchev–Trinajstić information content (AvgIpc) is 3.52. The lowest BCUT2D eigenvalue weighted by atomic mass is 10.2. The summed E-state index contributed by atoms with van der Waals surface area (Å²) in [5, 5.41) is 7.99. The lowest BCUT2D eigenvalue weighted by molar-refractivity contribution is -0.120. The van der Waals surface area contributed by atoms with E-state index in [1.807, 2.05) is 66.2 Å². The van der Waals surface area contributed by atoms with Crippen molar-refractivity contribution < 1.29 is 9.53 Å². The maximum atomic E-state index is 12.6. The summed E-state index contributed by atoms with van der Waals surface area (Å²) in [6, 6.07) is 17.7. The first-order valence-corrected chi connectivity index (χ1v) is 10.6. The largest absolute Gasteiger partial charge is 0.496 e. The molecule has 0 spiro atoms. The second kappa shape index (κ2) is 8.69. The van der Waals surface area contributed by atoms with Crippen LogP contribution in [0.3, 0.4) is 0 Å². The van der Waals surface area contributed by atoms with Crippen LogP contribution in [0.2, 0.25) is 0 Å². The predicted octanol–water partition coefficient (Wildman–Crippen LogP) is 3.95. The summed E-state index contributed by atoms with van der Waals surface area (Å²) in [6.45, 7) is 2.30. The van der Waals surface area contributed by atoms with Gasteiger partial charge in [0.05, 0.1) is 18.0 Å². The molecule has 1 N–H and O–H groups in total. The van der Waals surface area contributed by atoms with Crippen LogP contribution in [-0.4, -0.2) is 33.0 Å². The normalized spacial score (nSPS) is 14.4. The smallest absolute Gasteiger partial charge is 0.233 e. The van der Waals surface area contributed by atoms with Gasteiger partial charge in [0.1, 0.15) is 11.6 Å². The maximum absolute atomic E-state index is 12.6. The lowest BCUT2D eigenvalue weighted by Crippen LogP contribution is -2.30. The van der Waals surface area contributed by atoms with Gasteiger partial charge < -0.3 is 10.1 Å². The number of para-hydroxylation sites is 2. The third-order valence-corrected chi connectivity index (χ3v) is 5.80. The summed E-state index contributed by atoms with van der Waals surface area (Å²) < 4.78 is 7.26. The van der Waals surface area contributed by atoms with Crippen molar-refractivity contribution in [1.29, 1.82) is 0 Å². The molecule has 4 rings (SSSR count). The number of nitrogens with zero attached hydrogens (tertiary/aromatic N) is 3. The van der Waals surface area contributed by atoms with E-state index in [4.69, 9.17) is 9.72 Å². The molecule has 1 atom stereocenters. The van der Waals surface area contributed by atoms with Crippen molar-refractivity contribution >= 4 is 17.7 Å². The van der Waals surface area contributed by atoms with Gasteiger partial charge in [0, 0.05) is 18.0 Å². The van der Waals surface area contributed by atoms with Crippen LogP contribution in [0.1, 0.15) is 37.1 Å². The van der Waals surface area contributed by atoms with E-state index in [-0.39, 0.29) is 11.2 Å². The summed E-state index contributed by atoms with van der Waals surface area (Å²) in [4.78, 5) is 17.3. The number of ether oxygens (including phenoxy) is 1. The summed E-state index contributed by atoms with van der Waals surface area (Å²) in [5.41, 5.74) is 1.95. The van der Waals surface area contributed by atoms with Gasteiger partial charge in [-0.2, -0.15) is 0 Å². The molecule has 1 aromatic heterocycles. The maximum Gasteiger partial charge on any atom is 0.233 e. The minimum absolute atomic E-state index is 0.0510. The summed E-state index contributed by atoms with van der Waals surface area (Å²) in [6.07, 6.45) is 2.29. The van der Waals surface area contributed by atoms with Gasteiger partial charge in [-0.05, 0) is 38.0 Å². The Morgan fingerprint density at radius 1 is 1.21 bits per heavy atom. The van der Waals surface area contributed by atoms with E-state index in [1.165, 1.54) is 11.8 Å². The molecule has 1 unspecified atom stereocenters. The Morgan fingerprint density at radius 2 is 1.93 bits per heavy atom. The zero-order valence-corrected chi connectivity index (χ0v) is 17.4. The average molecular weight is 409 g/mol. The Morgan fingerprint density at radius 3 is 2.66 bits per heavy atom. The predicted molar refractivity (Wildman–Crippen MR) is 113 cm³/mol. The van der Waals surface area contributed by atoms with Crippen LogP contribution < -0.4 is 10.1 Å². The van der Waals surface area contributed by atoms with Crippen LogP contribution in [0.4, 0.5) is 0 Å². The molecule has 2 aromatic carbocycles. The highest BCUT2D eigenvalue weighted by Crippen LogP contribution is 2.40. The first-order valence-electron chi connectivity index (χ1n) is 9.74. The number of aromatic nitrogens is 3. The molecule has 1 saturated carbocycles. The van der Waals surface area contributed by atoms with Gasteiger partial charge in [-0.15, -0.1) is 5.10 Å². The Bertz CT molecular complexity index is 985. The van der Waals surface area contributed by atoms with Gasteiger partial charge in [-0.3, -0.25) is 4.79 Å². The standard InChI is InChI=1S/C22H24N4O2S/c1-15(21(27)23-14-17-8-6-7-11-19(17)28-2)29-22-24-20(16-12-13-16)26(25-22)18-9-4-3-5-10-18/h3-11,15-16H,12-14H2,1-2H3,(H,23,27). The third-order valence-electron chi connectivity index (χ3n) is 4.85. The number of nitrogens with one attached hydrogen (secondary N) is 1. The third kappa shape index (κ3) is 4.62. The Labute approximate surface area is 174 Å². The summed E-state index contributed by atoms with van der Waals surface area (Å²) in [7, 11) is 1.63. The van der Waals surface area contributed by atoms with E-state index in [1.54, 1.807) is 7.11 Å². The number of thioether (sulfide) groups is 1. The van der Waals surface area contributed by atoms with Crippen molar-refractivity contribution in [3.63, 3.8) is 0 Å².